The maximum absolute atomic E-state index is 12.2. The van der Waals surface area contributed by atoms with E-state index in [1.807, 2.05) is 4.72 Å². The predicted octanol–water partition coefficient (Wildman–Crippen LogP) is 2.47. The third-order valence-corrected chi connectivity index (χ3v) is 4.54. The predicted molar refractivity (Wildman–Crippen MR) is 79.1 cm³/mol. The lowest BCUT2D eigenvalue weighted by atomic mass is 10.2. The monoisotopic (exact) mass is 325 g/mol. The fourth-order valence-corrected chi connectivity index (χ4v) is 3.21. The molecule has 21 heavy (non-hydrogen) atoms. The van der Waals surface area contributed by atoms with Crippen molar-refractivity contribution in [2.45, 2.75) is 4.90 Å². The van der Waals surface area contributed by atoms with Gasteiger partial charge in [-0.3, -0.25) is 4.79 Å². The number of benzene rings is 2. The maximum atomic E-state index is 12.2. The van der Waals surface area contributed by atoms with E-state index in [0.29, 0.717) is 0 Å². The van der Waals surface area contributed by atoms with Crippen molar-refractivity contribution in [1.82, 2.24) is 4.72 Å². The van der Waals surface area contributed by atoms with E-state index in [0.717, 1.165) is 0 Å². The summed E-state index contributed by atoms with van der Waals surface area (Å²) in [7, 11) is -2.65. The summed E-state index contributed by atoms with van der Waals surface area (Å²) in [6, 6.07) is 12.2. The van der Waals surface area contributed by atoms with Crippen molar-refractivity contribution in [1.29, 1.82) is 0 Å². The number of carbonyl (C=O) groups is 1. The van der Waals surface area contributed by atoms with Crippen molar-refractivity contribution in [3.05, 3.63) is 59.1 Å². The average molecular weight is 326 g/mol. The molecule has 1 amide bonds. The maximum Gasteiger partial charge on any atom is 0.268 e. The van der Waals surface area contributed by atoms with Crippen LogP contribution in [0.5, 0.6) is 5.75 Å². The number of nitrogens with one attached hydrogen (secondary N) is 1. The minimum Gasteiger partial charge on any atom is -0.496 e. The lowest BCUT2D eigenvalue weighted by Crippen LogP contribution is -2.31. The van der Waals surface area contributed by atoms with Crippen LogP contribution in [-0.4, -0.2) is 21.4 Å². The molecule has 2 aromatic carbocycles. The molecule has 0 radical (unpaired) electrons. The van der Waals surface area contributed by atoms with E-state index < -0.39 is 15.9 Å². The zero-order chi connectivity index (χ0) is 15.5. The SMILES string of the molecule is COc1ccccc1C(=O)NS(=O)(=O)c1ccccc1Cl. The highest BCUT2D eigenvalue weighted by atomic mass is 35.5. The molecule has 2 aromatic rings. The summed E-state index contributed by atoms with van der Waals surface area (Å²) in [4.78, 5) is 12.0. The van der Waals surface area contributed by atoms with E-state index in [2.05, 4.69) is 0 Å². The topological polar surface area (TPSA) is 72.5 Å². The molecule has 0 atom stereocenters. The molecule has 5 nitrogen and oxygen atoms in total. The molecule has 2 rings (SSSR count). The largest absolute Gasteiger partial charge is 0.496 e. The lowest BCUT2D eigenvalue weighted by Gasteiger charge is -2.10. The van der Waals surface area contributed by atoms with Crippen LogP contribution in [0.15, 0.2) is 53.4 Å². The van der Waals surface area contributed by atoms with Gasteiger partial charge < -0.3 is 4.74 Å². The fraction of sp³-hybridized carbons (Fsp3) is 0.0714. The van der Waals surface area contributed by atoms with Crippen LogP contribution in [0.25, 0.3) is 0 Å². The van der Waals surface area contributed by atoms with Gasteiger partial charge in [0.2, 0.25) is 0 Å². The van der Waals surface area contributed by atoms with Crippen LogP contribution in [-0.2, 0) is 10.0 Å². The summed E-state index contributed by atoms with van der Waals surface area (Å²) < 4.78 is 31.4. The zero-order valence-electron chi connectivity index (χ0n) is 11.0. The fourth-order valence-electron chi connectivity index (χ4n) is 1.73. The molecule has 0 aliphatic carbocycles. The van der Waals surface area contributed by atoms with Gasteiger partial charge >= 0.3 is 0 Å². The molecule has 0 aliphatic rings. The number of methoxy groups -OCH3 is 1. The van der Waals surface area contributed by atoms with Gasteiger partial charge in [0.15, 0.2) is 0 Å². The molecule has 0 bridgehead atoms. The van der Waals surface area contributed by atoms with Crippen LogP contribution in [0.4, 0.5) is 0 Å². The van der Waals surface area contributed by atoms with Crippen LogP contribution in [0, 0.1) is 0 Å². The average Bonchev–Trinajstić information content (AvgIpc) is 2.47. The first-order chi connectivity index (χ1) is 9.95. The Bertz CT molecular complexity index is 774. The summed E-state index contributed by atoms with van der Waals surface area (Å²) in [5.41, 5.74) is 0.121. The Labute approximate surface area is 127 Å². The first-order valence-corrected chi connectivity index (χ1v) is 7.76. The molecule has 7 heteroatoms. The molecule has 0 heterocycles. The van der Waals surface area contributed by atoms with Crippen LogP contribution in [0.1, 0.15) is 10.4 Å². The van der Waals surface area contributed by atoms with Crippen molar-refractivity contribution in [2.24, 2.45) is 0 Å². The molecule has 0 fully saturated rings. The van der Waals surface area contributed by atoms with Crippen LogP contribution in [0.3, 0.4) is 0 Å². The Balaban J connectivity index is 2.33. The molecule has 1 N–H and O–H groups in total. The van der Waals surface area contributed by atoms with Crippen LogP contribution >= 0.6 is 11.6 Å². The molecule has 0 unspecified atom stereocenters. The molecule has 0 aliphatic heterocycles. The summed E-state index contributed by atoms with van der Waals surface area (Å²) in [6.45, 7) is 0. The van der Waals surface area contributed by atoms with Crippen molar-refractivity contribution in [3.8, 4) is 5.75 Å². The molecular weight excluding hydrogens is 314 g/mol. The summed E-state index contributed by atoms with van der Waals surface area (Å²) in [6.07, 6.45) is 0. The number of hydrogen-bond acceptors (Lipinski definition) is 4. The Morgan fingerprint density at radius 1 is 1.10 bits per heavy atom. The van der Waals surface area contributed by atoms with E-state index in [1.54, 1.807) is 24.3 Å². The highest BCUT2D eigenvalue weighted by molar-refractivity contribution is 7.90. The number of carbonyl (C=O) groups excluding carboxylic acids is 1. The van der Waals surface area contributed by atoms with E-state index in [9.17, 15) is 13.2 Å². The Morgan fingerprint density at radius 2 is 1.71 bits per heavy atom. The normalized spacial score (nSPS) is 11.0. The van der Waals surface area contributed by atoms with E-state index >= 15 is 0 Å². The second-order valence-corrected chi connectivity index (χ2v) is 6.12. The van der Waals surface area contributed by atoms with Gasteiger partial charge in [-0.25, -0.2) is 13.1 Å². The number of rotatable bonds is 4. The van der Waals surface area contributed by atoms with Crippen molar-refractivity contribution in [3.63, 3.8) is 0 Å². The quantitative estimate of drug-likeness (QED) is 0.937. The Hall–Kier alpha value is -2.05. The van der Waals surface area contributed by atoms with Crippen LogP contribution in [0.2, 0.25) is 5.02 Å². The molecule has 0 aromatic heterocycles. The first-order valence-electron chi connectivity index (χ1n) is 5.90. The van der Waals surface area contributed by atoms with Gasteiger partial charge in [-0.2, -0.15) is 0 Å². The highest BCUT2D eigenvalue weighted by Gasteiger charge is 2.22. The van der Waals surface area contributed by atoms with E-state index in [1.165, 1.54) is 31.4 Å². The second kappa shape index (κ2) is 6.15. The third kappa shape index (κ3) is 3.34. The van der Waals surface area contributed by atoms with Gasteiger partial charge in [0.25, 0.3) is 15.9 Å². The molecule has 0 saturated heterocycles. The van der Waals surface area contributed by atoms with E-state index in [4.69, 9.17) is 16.3 Å². The first kappa shape index (κ1) is 15.3. The van der Waals surface area contributed by atoms with Crippen LogP contribution < -0.4 is 9.46 Å². The Kier molecular flexibility index (Phi) is 4.50. The molecule has 0 saturated carbocycles. The second-order valence-electron chi connectivity index (χ2n) is 4.07. The Morgan fingerprint density at radius 3 is 2.38 bits per heavy atom. The van der Waals surface area contributed by atoms with E-state index in [-0.39, 0.29) is 21.2 Å². The zero-order valence-corrected chi connectivity index (χ0v) is 12.6. The number of para-hydroxylation sites is 1. The smallest absolute Gasteiger partial charge is 0.268 e. The van der Waals surface area contributed by atoms with Crippen molar-refractivity contribution >= 4 is 27.5 Å². The number of amides is 1. The van der Waals surface area contributed by atoms with Gasteiger partial charge in [-0.15, -0.1) is 0 Å². The number of hydrogen-bond donors (Lipinski definition) is 1. The number of ether oxygens (including phenoxy) is 1. The summed E-state index contributed by atoms with van der Waals surface area (Å²) in [5, 5.41) is 0.0397. The molecule has 0 spiro atoms. The van der Waals surface area contributed by atoms with Crippen molar-refractivity contribution < 1.29 is 17.9 Å². The number of sulfonamides is 1. The number of halogens is 1. The summed E-state index contributed by atoms with van der Waals surface area (Å²) in [5.74, 6) is -0.503. The van der Waals surface area contributed by atoms with Gasteiger partial charge in [0.05, 0.1) is 17.7 Å². The lowest BCUT2D eigenvalue weighted by molar-refractivity contribution is 0.0978. The van der Waals surface area contributed by atoms with Gasteiger partial charge in [0, 0.05) is 0 Å². The van der Waals surface area contributed by atoms with Gasteiger partial charge in [0.1, 0.15) is 10.6 Å². The van der Waals surface area contributed by atoms with Crippen molar-refractivity contribution in [2.75, 3.05) is 7.11 Å². The minimum atomic E-state index is -4.05. The standard InChI is InChI=1S/C14H12ClNO4S/c1-20-12-8-4-2-6-10(12)14(17)16-21(18,19)13-9-5-3-7-11(13)15/h2-9H,1H3,(H,16,17). The minimum absolute atomic E-state index is 0.0397. The summed E-state index contributed by atoms with van der Waals surface area (Å²) >= 11 is 5.84. The van der Waals surface area contributed by atoms with Gasteiger partial charge in [-0.1, -0.05) is 35.9 Å². The third-order valence-electron chi connectivity index (χ3n) is 2.70. The molecular formula is C14H12ClNO4S. The highest BCUT2D eigenvalue weighted by Crippen LogP contribution is 2.22. The molecule has 110 valence electrons. The van der Waals surface area contributed by atoms with Gasteiger partial charge in [-0.05, 0) is 24.3 Å².